The molecule has 72 heavy (non-hydrogen) atoms. The number of likely N-dealkylation sites (N-methyl/N-ethyl adjacent to an activating group) is 3. The maximum atomic E-state index is 12.3. The quantitative estimate of drug-likeness (QED) is 0.152. The Hall–Kier alpha value is -7.86. The van der Waals surface area contributed by atoms with Gasteiger partial charge in [-0.25, -0.2) is 49.6 Å². The van der Waals surface area contributed by atoms with Crippen LogP contribution in [0.4, 0.5) is 17.5 Å². The molecule has 0 aromatic carbocycles. The Bertz CT molecular complexity index is 3640. The van der Waals surface area contributed by atoms with Gasteiger partial charge in [-0.3, -0.25) is 14.4 Å². The van der Waals surface area contributed by atoms with Gasteiger partial charge in [-0.15, -0.1) is 0 Å². The largest absolute Gasteiger partial charge is 0.354 e. The first-order valence-corrected chi connectivity index (χ1v) is 23.1. The smallest absolute Gasteiger partial charge is 0.302 e. The lowest BCUT2D eigenvalue weighted by molar-refractivity contribution is -0.131. The Labute approximate surface area is 440 Å². The summed E-state index contributed by atoms with van der Waals surface area (Å²) >= 11 is 0. The fraction of sp³-hybridized carbons (Fsp3) is 0.529. The normalized spacial score (nSPS) is 26.2. The van der Waals surface area contributed by atoms with Crippen molar-refractivity contribution < 1.29 is 33.6 Å². The first-order chi connectivity index (χ1) is 40.2. The number of carbonyl (C=O) groups is 3. The molecule has 9 rings (SSSR count). The fourth-order valence-corrected chi connectivity index (χ4v) is 9.03. The summed E-state index contributed by atoms with van der Waals surface area (Å²) in [6.07, 6.45) is 4.33. The molecule has 0 spiro atoms. The molecule has 3 amide bonds. The lowest BCUT2D eigenvalue weighted by atomic mass is 9.92. The Balaban J connectivity index is 0.000000185. The van der Waals surface area contributed by atoms with Crippen molar-refractivity contribution in [2.24, 2.45) is 17.7 Å². The Kier molecular flexibility index (Phi) is 11.5. The van der Waals surface area contributed by atoms with Crippen LogP contribution in [-0.4, -0.2) is 175 Å². The van der Waals surface area contributed by atoms with Gasteiger partial charge in [0.25, 0.3) is 19.6 Å². The molecule has 0 radical (unpaired) electrons. The average molecular weight is 993 g/mol. The van der Waals surface area contributed by atoms with E-state index >= 15 is 0 Å². The minimum absolute atomic E-state index is 0.0189. The summed E-state index contributed by atoms with van der Waals surface area (Å²) in [6, 6.07) is -2.52. The molecule has 3 aliphatic rings. The van der Waals surface area contributed by atoms with Crippen LogP contribution in [0.1, 0.15) is 76.1 Å². The number of nitrogens with one attached hydrogen (secondary N) is 3. The third-order valence-corrected chi connectivity index (χ3v) is 12.9. The van der Waals surface area contributed by atoms with E-state index in [1.807, 2.05) is 0 Å². The highest BCUT2D eigenvalue weighted by atomic mass is 16.2. The number of nitrogens with zero attached hydrogens (tertiary/aromatic N) is 15. The van der Waals surface area contributed by atoms with Crippen molar-refractivity contribution in [1.82, 2.24) is 59.6 Å². The van der Waals surface area contributed by atoms with Crippen LogP contribution in [0, 0.1) is 58.2 Å². The molecule has 21 nitrogen and oxygen atoms in total. The molecule has 6 aromatic rings. The van der Waals surface area contributed by atoms with Crippen LogP contribution in [0.5, 0.6) is 0 Å². The second-order valence-corrected chi connectivity index (χ2v) is 17.7. The number of H-pyrrole nitrogens is 3. The highest BCUT2D eigenvalue weighted by Gasteiger charge is 2.36. The molecule has 9 heterocycles. The molecular weight excluding hydrogens is 913 g/mol. The summed E-state index contributed by atoms with van der Waals surface area (Å²) in [7, 11) is 4.90. The van der Waals surface area contributed by atoms with E-state index in [9.17, 15) is 14.4 Å². The van der Waals surface area contributed by atoms with Crippen molar-refractivity contribution in [2.45, 2.75) is 78.7 Å². The highest BCUT2D eigenvalue weighted by molar-refractivity contribution is 5.90. The zero-order valence-corrected chi connectivity index (χ0v) is 41.0. The molecule has 3 aliphatic heterocycles. The van der Waals surface area contributed by atoms with Crippen LogP contribution in [0.2, 0.25) is 0 Å². The summed E-state index contributed by atoms with van der Waals surface area (Å²) in [5.74, 6) is -3.63. The molecular formula is C51H66N18O3. The molecule has 3 N–H and O–H groups in total. The van der Waals surface area contributed by atoms with E-state index < -0.39 is 68.2 Å². The van der Waals surface area contributed by atoms with E-state index in [0.29, 0.717) is 74.8 Å². The van der Waals surface area contributed by atoms with Crippen LogP contribution in [0.3, 0.4) is 0 Å². The minimum atomic E-state index is -2.59. The van der Waals surface area contributed by atoms with Gasteiger partial charge in [-0.05, 0) is 75.9 Å². The number of hydrogen-bond acceptors (Lipinski definition) is 12. The molecule has 3 fully saturated rings. The summed E-state index contributed by atoms with van der Waals surface area (Å²) in [6.45, 7) is 18.4. The number of hydrogen-bond donors (Lipinski definition) is 3. The minimum Gasteiger partial charge on any atom is -0.354 e. The van der Waals surface area contributed by atoms with Gasteiger partial charge in [0.1, 0.15) is 53.4 Å². The van der Waals surface area contributed by atoms with Gasteiger partial charge < -0.3 is 58.9 Å². The number of amides is 3. The number of likely N-dealkylation sites (tertiary alicyclic amines) is 3. The summed E-state index contributed by atoms with van der Waals surface area (Å²) in [4.78, 5) is 89.5. The maximum absolute atomic E-state index is 12.3. The van der Waals surface area contributed by atoms with E-state index in [1.54, 1.807) is 56.6 Å². The zero-order valence-electron chi connectivity index (χ0n) is 55.0. The summed E-state index contributed by atoms with van der Waals surface area (Å²) < 4.78 is 115. The van der Waals surface area contributed by atoms with E-state index in [-0.39, 0.29) is 95.1 Å². The monoisotopic (exact) mass is 993 g/mol. The van der Waals surface area contributed by atoms with Crippen LogP contribution >= 0.6 is 0 Å². The van der Waals surface area contributed by atoms with Crippen molar-refractivity contribution in [3.63, 3.8) is 0 Å². The number of aromatic nitrogens is 9. The molecule has 378 valence electrons. The molecule has 0 aliphatic carbocycles. The van der Waals surface area contributed by atoms with Gasteiger partial charge in [-0.2, -0.15) is 0 Å². The predicted octanol–water partition coefficient (Wildman–Crippen LogP) is 5.58. The van der Waals surface area contributed by atoms with Gasteiger partial charge in [0, 0.05) is 91.2 Å². The molecule has 0 unspecified atom stereocenters. The molecule has 3 saturated heterocycles. The van der Waals surface area contributed by atoms with Crippen molar-refractivity contribution in [2.75, 3.05) is 94.7 Å². The second kappa shape index (κ2) is 22.9. The Morgan fingerprint density at radius 2 is 0.986 bits per heavy atom. The fourth-order valence-electron chi connectivity index (χ4n) is 9.03. The summed E-state index contributed by atoms with van der Waals surface area (Å²) in [5.41, 5.74) is 3.22. The third kappa shape index (κ3) is 11.5. The van der Waals surface area contributed by atoms with E-state index in [1.165, 1.54) is 33.7 Å². The SMILES string of the molecule is [2H]c1c(C)[nH]c2ncnc(N(C)[C@@]3([2H])CN(C(=O)C[N+]#[C-])CC[C@H]3C([2H])([2H])[2H])c12.[2H]c1c(C)[nH]c2ncnc(N(C)[C@H]3CN(C(=O)C[N+]#[C-])CC[C@@]3([2H])C([2H])([2H])[2H])c12.[2H]c1c(C)[nH]c2ncnc(N(C)[C@H]3CN(C(=O)C[N+]#[C-])CC[C@H]3C([2H])([2H])[2H])c12. The average Bonchev–Trinajstić information content (AvgIpc) is 1.05. The first kappa shape index (κ1) is 36.1. The lowest BCUT2D eigenvalue weighted by Gasteiger charge is -2.41. The van der Waals surface area contributed by atoms with E-state index in [4.69, 9.17) is 38.9 Å². The number of anilines is 3. The maximum Gasteiger partial charge on any atom is 0.302 e. The van der Waals surface area contributed by atoms with Gasteiger partial charge in [0.15, 0.2) is 0 Å². The molecule has 0 bridgehead atoms. The van der Waals surface area contributed by atoms with Gasteiger partial charge in [0.2, 0.25) is 0 Å². The Morgan fingerprint density at radius 3 is 1.42 bits per heavy atom. The standard InChI is InChI=1S/3C17H22N6O/c3*1-11-5-6-23(15(24)8-18-3)9-14(11)22(4)17-13-7-12(2)21-16(13)19-10-20-17/h3*7,10-11,14H,5-6,8-9H2,1-2,4H3,(H,19,20,21)/t3*11-,14+/m111/s1/i1D3,7D,14D;1D3,7D,11D;1D3,7D. The molecule has 0 saturated carbocycles. The van der Waals surface area contributed by atoms with Gasteiger partial charge in [-0.1, -0.05) is 20.6 Å². The van der Waals surface area contributed by atoms with Crippen molar-refractivity contribution in [3.8, 4) is 0 Å². The van der Waals surface area contributed by atoms with Crippen molar-refractivity contribution in [1.29, 1.82) is 0 Å². The van der Waals surface area contributed by atoms with Crippen molar-refractivity contribution >= 4 is 68.3 Å². The number of carbonyl (C=O) groups excluding carboxylic acids is 3. The van der Waals surface area contributed by atoms with Crippen LogP contribution in [0.25, 0.3) is 47.6 Å². The zero-order chi connectivity index (χ0) is 63.8. The highest BCUT2D eigenvalue weighted by Crippen LogP contribution is 2.32. The number of aryl methyl sites for hydroxylation is 3. The van der Waals surface area contributed by atoms with Gasteiger partial charge in [0.05, 0.1) is 39.7 Å². The van der Waals surface area contributed by atoms with Crippen LogP contribution < -0.4 is 14.7 Å². The molecule has 6 atom stereocenters. The summed E-state index contributed by atoms with van der Waals surface area (Å²) in [5, 5.41) is 1.36. The van der Waals surface area contributed by atoms with E-state index in [2.05, 4.69) is 59.4 Å². The second-order valence-electron chi connectivity index (χ2n) is 17.7. The number of fused-ring (bicyclic) bond motifs is 3. The Morgan fingerprint density at radius 1 is 0.597 bits per heavy atom. The number of piperidine rings is 3. The van der Waals surface area contributed by atoms with Crippen LogP contribution in [-0.2, 0) is 14.4 Å². The lowest BCUT2D eigenvalue weighted by Crippen LogP contribution is -2.53. The van der Waals surface area contributed by atoms with Crippen LogP contribution in [0.15, 0.2) is 37.1 Å². The predicted molar refractivity (Wildman–Crippen MR) is 278 cm³/mol. The van der Waals surface area contributed by atoms with Gasteiger partial charge >= 0.3 is 17.7 Å². The topological polar surface area (TPSA) is 208 Å². The van der Waals surface area contributed by atoms with Crippen molar-refractivity contribution in [3.05, 3.63) is 88.4 Å². The molecule has 21 heteroatoms. The van der Waals surface area contributed by atoms with E-state index in [0.717, 1.165) is 0 Å². The molecule has 6 aromatic heterocycles. The number of aromatic amines is 3. The first-order valence-electron chi connectivity index (χ1n) is 30.1. The third-order valence-electron chi connectivity index (χ3n) is 12.9. The number of rotatable bonds is 9.